The number of nitrogens with zero attached hydrogens (tertiary/aromatic N) is 2. The number of anilines is 3. The van der Waals surface area contributed by atoms with Crippen LogP contribution in [0.3, 0.4) is 0 Å². The number of rotatable bonds is 3. The third-order valence-corrected chi connectivity index (χ3v) is 3.75. The molecule has 0 saturated heterocycles. The lowest BCUT2D eigenvalue weighted by molar-refractivity contribution is 0.598. The van der Waals surface area contributed by atoms with Gasteiger partial charge in [0.05, 0.1) is 9.37 Å². The number of hydrogen-bond acceptors (Lipinski definition) is 6. The number of aromatic nitrogens is 2. The molecule has 5 N–H and O–H groups in total. The van der Waals surface area contributed by atoms with Crippen molar-refractivity contribution < 1.29 is 8.42 Å². The largest absolute Gasteiger partial charge is 0.383 e. The van der Waals surface area contributed by atoms with Gasteiger partial charge in [0.15, 0.2) is 0 Å². The highest BCUT2D eigenvalue weighted by atomic mass is 79.9. The fourth-order valence-corrected chi connectivity index (χ4v) is 2.00. The van der Waals surface area contributed by atoms with Crippen LogP contribution in [0.15, 0.2) is 39.8 Å². The summed E-state index contributed by atoms with van der Waals surface area (Å²) in [6.07, 6.45) is 1.52. The first-order valence-electron chi connectivity index (χ1n) is 5.04. The van der Waals surface area contributed by atoms with E-state index < -0.39 is 10.0 Å². The molecule has 0 radical (unpaired) electrons. The lowest BCUT2D eigenvalue weighted by Gasteiger charge is -2.06. The first kappa shape index (κ1) is 13.7. The summed E-state index contributed by atoms with van der Waals surface area (Å²) in [4.78, 5) is 8.05. The third kappa shape index (κ3) is 3.40. The van der Waals surface area contributed by atoms with Crippen molar-refractivity contribution in [1.29, 1.82) is 0 Å². The first-order valence-corrected chi connectivity index (χ1v) is 7.38. The summed E-state index contributed by atoms with van der Waals surface area (Å²) in [6.45, 7) is 0. The molecule has 1 aromatic carbocycles. The summed E-state index contributed by atoms with van der Waals surface area (Å²) >= 11 is 3.19. The molecule has 0 aliphatic heterocycles. The predicted molar refractivity (Wildman–Crippen MR) is 75.2 cm³/mol. The molecule has 100 valence electrons. The highest BCUT2D eigenvalue weighted by Crippen LogP contribution is 2.20. The fourth-order valence-electron chi connectivity index (χ4n) is 1.30. The number of halogens is 1. The maximum absolute atomic E-state index is 11.1. The van der Waals surface area contributed by atoms with E-state index in [0.29, 0.717) is 21.9 Å². The lowest BCUT2D eigenvalue weighted by Crippen LogP contribution is -2.11. The Balaban J connectivity index is 2.22. The Hall–Kier alpha value is -1.71. The van der Waals surface area contributed by atoms with Gasteiger partial charge in [-0.2, -0.15) is 4.98 Å². The maximum atomic E-state index is 11.1. The summed E-state index contributed by atoms with van der Waals surface area (Å²) in [7, 11) is -3.69. The monoisotopic (exact) mass is 343 g/mol. The molecule has 2 aromatic rings. The molecule has 0 amide bonds. The second-order valence-corrected chi connectivity index (χ2v) is 6.04. The molecule has 0 bridgehead atoms. The van der Waals surface area contributed by atoms with Crippen molar-refractivity contribution in [2.75, 3.05) is 11.1 Å². The van der Waals surface area contributed by atoms with Crippen LogP contribution in [0.5, 0.6) is 0 Å². The standard InChI is InChI=1S/C10H10BrN5O2S/c11-8-5-14-10(16-9(8)12)15-6-1-3-7(4-2-6)19(13,17)18/h1-5H,(H2,13,17,18)(H3,12,14,15,16). The number of sulfonamides is 1. The van der Waals surface area contributed by atoms with E-state index in [0.717, 1.165) is 0 Å². The van der Waals surface area contributed by atoms with Gasteiger partial charge in [-0.1, -0.05) is 0 Å². The van der Waals surface area contributed by atoms with E-state index in [9.17, 15) is 8.42 Å². The molecule has 0 spiro atoms. The van der Waals surface area contributed by atoms with Gasteiger partial charge in [0.2, 0.25) is 16.0 Å². The number of hydrogen-bond donors (Lipinski definition) is 3. The molecule has 0 aliphatic rings. The zero-order chi connectivity index (χ0) is 14.0. The molecule has 2 rings (SSSR count). The van der Waals surface area contributed by atoms with E-state index >= 15 is 0 Å². The second-order valence-electron chi connectivity index (χ2n) is 3.62. The van der Waals surface area contributed by atoms with Crippen LogP contribution in [0, 0.1) is 0 Å². The average Bonchev–Trinajstić information content (AvgIpc) is 2.33. The van der Waals surface area contributed by atoms with Crippen LogP contribution in [0.4, 0.5) is 17.5 Å². The summed E-state index contributed by atoms with van der Waals surface area (Å²) in [5.74, 6) is 0.614. The number of primary sulfonamides is 1. The van der Waals surface area contributed by atoms with E-state index in [4.69, 9.17) is 10.9 Å². The SMILES string of the molecule is Nc1nc(Nc2ccc(S(N)(=O)=O)cc2)ncc1Br. The van der Waals surface area contributed by atoms with Crippen LogP contribution >= 0.6 is 15.9 Å². The van der Waals surface area contributed by atoms with Gasteiger partial charge in [0.25, 0.3) is 0 Å². The van der Waals surface area contributed by atoms with Crippen molar-refractivity contribution in [2.45, 2.75) is 4.90 Å². The number of nitrogens with two attached hydrogens (primary N) is 2. The molecular weight excluding hydrogens is 334 g/mol. The molecular formula is C10H10BrN5O2S. The van der Waals surface area contributed by atoms with Crippen LogP contribution in [0.2, 0.25) is 0 Å². The normalized spacial score (nSPS) is 11.3. The van der Waals surface area contributed by atoms with Crippen molar-refractivity contribution in [3.8, 4) is 0 Å². The van der Waals surface area contributed by atoms with Gasteiger partial charge in [0.1, 0.15) is 5.82 Å². The number of benzene rings is 1. The topological polar surface area (TPSA) is 124 Å². The highest BCUT2D eigenvalue weighted by Gasteiger charge is 2.07. The van der Waals surface area contributed by atoms with Gasteiger partial charge in [-0.25, -0.2) is 18.5 Å². The summed E-state index contributed by atoms with van der Waals surface area (Å²) in [6, 6.07) is 5.89. The van der Waals surface area contributed by atoms with Gasteiger partial charge in [-0.15, -0.1) is 0 Å². The van der Waals surface area contributed by atoms with Crippen LogP contribution in [0.1, 0.15) is 0 Å². The average molecular weight is 344 g/mol. The van der Waals surface area contributed by atoms with Crippen LogP contribution in [-0.4, -0.2) is 18.4 Å². The Labute approximate surface area is 118 Å². The molecule has 0 aliphatic carbocycles. The van der Waals surface area contributed by atoms with Gasteiger partial charge < -0.3 is 11.1 Å². The van der Waals surface area contributed by atoms with Crippen molar-refractivity contribution in [3.05, 3.63) is 34.9 Å². The van der Waals surface area contributed by atoms with E-state index in [-0.39, 0.29) is 4.90 Å². The minimum absolute atomic E-state index is 0.0364. The van der Waals surface area contributed by atoms with E-state index in [1.54, 1.807) is 12.1 Å². The van der Waals surface area contributed by atoms with Gasteiger partial charge >= 0.3 is 0 Å². The van der Waals surface area contributed by atoms with Gasteiger partial charge in [-0.05, 0) is 40.2 Å². The lowest BCUT2D eigenvalue weighted by atomic mass is 10.3. The fraction of sp³-hybridized carbons (Fsp3) is 0. The van der Waals surface area contributed by atoms with E-state index in [2.05, 4.69) is 31.2 Å². The van der Waals surface area contributed by atoms with E-state index in [1.807, 2.05) is 0 Å². The third-order valence-electron chi connectivity index (χ3n) is 2.21. The molecule has 9 heteroatoms. The van der Waals surface area contributed by atoms with Crippen LogP contribution in [-0.2, 0) is 10.0 Å². The maximum Gasteiger partial charge on any atom is 0.238 e. The van der Waals surface area contributed by atoms with Crippen molar-refractivity contribution in [2.24, 2.45) is 5.14 Å². The van der Waals surface area contributed by atoms with Crippen molar-refractivity contribution in [3.63, 3.8) is 0 Å². The van der Waals surface area contributed by atoms with E-state index in [1.165, 1.54) is 18.3 Å². The number of nitrogen functional groups attached to an aromatic ring is 1. The molecule has 1 aromatic heterocycles. The van der Waals surface area contributed by atoms with Crippen LogP contribution in [0.25, 0.3) is 0 Å². The minimum Gasteiger partial charge on any atom is -0.383 e. The Morgan fingerprint density at radius 3 is 2.37 bits per heavy atom. The molecule has 0 fully saturated rings. The second kappa shape index (κ2) is 5.11. The Bertz CT molecular complexity index is 702. The Kier molecular flexibility index (Phi) is 3.69. The highest BCUT2D eigenvalue weighted by molar-refractivity contribution is 9.10. The van der Waals surface area contributed by atoms with Crippen molar-refractivity contribution >= 4 is 43.4 Å². The minimum atomic E-state index is -3.69. The molecule has 0 saturated carbocycles. The number of nitrogens with one attached hydrogen (secondary N) is 1. The summed E-state index contributed by atoms with van der Waals surface area (Å²) in [5.41, 5.74) is 6.24. The molecule has 0 unspecified atom stereocenters. The summed E-state index contributed by atoms with van der Waals surface area (Å²) in [5, 5.41) is 7.89. The van der Waals surface area contributed by atoms with Crippen LogP contribution < -0.4 is 16.2 Å². The van der Waals surface area contributed by atoms with Crippen molar-refractivity contribution in [1.82, 2.24) is 9.97 Å². The zero-order valence-corrected chi connectivity index (χ0v) is 11.9. The summed E-state index contributed by atoms with van der Waals surface area (Å²) < 4.78 is 22.8. The van der Waals surface area contributed by atoms with Gasteiger partial charge in [-0.3, -0.25) is 0 Å². The molecule has 0 atom stereocenters. The zero-order valence-electron chi connectivity index (χ0n) is 9.54. The molecule has 7 nitrogen and oxygen atoms in total. The smallest absolute Gasteiger partial charge is 0.238 e. The first-order chi connectivity index (χ1) is 8.86. The van der Waals surface area contributed by atoms with Gasteiger partial charge in [0, 0.05) is 11.9 Å². The Morgan fingerprint density at radius 2 is 1.84 bits per heavy atom. The quantitative estimate of drug-likeness (QED) is 0.769. The molecule has 19 heavy (non-hydrogen) atoms. The Morgan fingerprint density at radius 1 is 1.21 bits per heavy atom. The molecule has 1 heterocycles. The predicted octanol–water partition coefficient (Wildman–Crippen LogP) is 1.21.